The molecule has 0 saturated heterocycles. The molecule has 4 heteroatoms. The first kappa shape index (κ1) is 10.2. The molecule has 0 aromatic carbocycles. The molecule has 8 atom stereocenters. The largest absolute Gasteiger partial charge is 0.459 e. The van der Waals surface area contributed by atoms with Crippen LogP contribution >= 0.6 is 31.9 Å². The molecule has 0 N–H and O–H groups in total. The van der Waals surface area contributed by atoms with Crippen LogP contribution in [0.1, 0.15) is 19.8 Å². The SMILES string of the molecule is CC(=O)O[C@@]12C[C@H]3[C@@H]4C[C@@H]5[C@H]3[C@H]1C(Br)(Br)[C@@H]5[C@@H]42. The summed E-state index contributed by atoms with van der Waals surface area (Å²) < 4.78 is 5.96. The zero-order valence-electron chi connectivity index (χ0n) is 9.53. The highest BCUT2D eigenvalue weighted by atomic mass is 79.9. The average Bonchev–Trinajstić information content (AvgIpc) is 2.84. The van der Waals surface area contributed by atoms with Gasteiger partial charge in [-0.05, 0) is 42.4 Å². The number of carbonyl (C=O) groups excluding carboxylic acids is 1. The lowest BCUT2D eigenvalue weighted by molar-refractivity contribution is -0.168. The van der Waals surface area contributed by atoms with Crippen LogP contribution in [-0.2, 0) is 9.53 Å². The molecule has 6 aliphatic carbocycles. The third-order valence-electron chi connectivity index (χ3n) is 6.62. The Hall–Kier alpha value is 0.430. The summed E-state index contributed by atoms with van der Waals surface area (Å²) >= 11 is 7.88. The van der Waals surface area contributed by atoms with Gasteiger partial charge in [0.15, 0.2) is 0 Å². The fourth-order valence-corrected chi connectivity index (χ4v) is 9.58. The minimum absolute atomic E-state index is 0.0510. The highest BCUT2D eigenvalue weighted by molar-refractivity contribution is 9.25. The predicted octanol–water partition coefficient (Wildman–Crippen LogP) is 2.94. The van der Waals surface area contributed by atoms with Gasteiger partial charge >= 0.3 is 5.97 Å². The van der Waals surface area contributed by atoms with Gasteiger partial charge in [-0.1, -0.05) is 31.9 Å². The summed E-state index contributed by atoms with van der Waals surface area (Å²) in [4.78, 5) is 11.5. The molecule has 0 heterocycles. The maximum absolute atomic E-state index is 11.5. The van der Waals surface area contributed by atoms with Crippen molar-refractivity contribution < 1.29 is 9.53 Å². The number of esters is 1. The quantitative estimate of drug-likeness (QED) is 0.530. The van der Waals surface area contributed by atoms with E-state index >= 15 is 0 Å². The third kappa shape index (κ3) is 0.775. The van der Waals surface area contributed by atoms with E-state index in [4.69, 9.17) is 4.74 Å². The Balaban J connectivity index is 1.74. The Labute approximate surface area is 117 Å². The number of hydrogen-bond acceptors (Lipinski definition) is 2. The number of hydrogen-bond donors (Lipinski definition) is 0. The van der Waals surface area contributed by atoms with Gasteiger partial charge in [-0.3, -0.25) is 4.79 Å². The van der Waals surface area contributed by atoms with Crippen LogP contribution in [0.4, 0.5) is 0 Å². The van der Waals surface area contributed by atoms with Crippen LogP contribution in [0.2, 0.25) is 0 Å². The highest BCUT2D eigenvalue weighted by Gasteiger charge is 2.90. The second-order valence-corrected chi connectivity index (χ2v) is 10.4. The molecule has 17 heavy (non-hydrogen) atoms. The summed E-state index contributed by atoms with van der Waals surface area (Å²) in [6.07, 6.45) is 2.53. The first-order valence-electron chi connectivity index (χ1n) is 6.56. The van der Waals surface area contributed by atoms with E-state index in [9.17, 15) is 4.79 Å². The molecule has 0 aromatic rings. The zero-order valence-corrected chi connectivity index (χ0v) is 12.7. The van der Waals surface area contributed by atoms with E-state index in [-0.39, 0.29) is 14.8 Å². The van der Waals surface area contributed by atoms with Crippen molar-refractivity contribution in [2.75, 3.05) is 0 Å². The van der Waals surface area contributed by atoms with Crippen LogP contribution in [0.3, 0.4) is 0 Å². The van der Waals surface area contributed by atoms with E-state index in [1.54, 1.807) is 6.92 Å². The van der Waals surface area contributed by atoms with Gasteiger partial charge in [-0.15, -0.1) is 0 Å². The molecule has 6 saturated carbocycles. The maximum Gasteiger partial charge on any atom is 0.303 e. The van der Waals surface area contributed by atoms with Crippen LogP contribution in [-0.4, -0.2) is 14.8 Å². The molecule has 6 aliphatic rings. The Bertz CT molecular complexity index is 462. The lowest BCUT2D eigenvalue weighted by atomic mass is 9.69. The molecule has 6 bridgehead atoms. The smallest absolute Gasteiger partial charge is 0.303 e. The van der Waals surface area contributed by atoms with Gasteiger partial charge in [0, 0.05) is 18.8 Å². The van der Waals surface area contributed by atoms with Crippen molar-refractivity contribution in [3.05, 3.63) is 0 Å². The van der Waals surface area contributed by atoms with Gasteiger partial charge < -0.3 is 4.74 Å². The average molecular weight is 362 g/mol. The standard InChI is InChI=1S/C13H14Br2O2/c1-4(16)17-12-3-7-5-2-6-8(7)11(12)13(14,15)10(6)9(5)12/h5-11H,2-3H2,1H3/t5-,6+,7-,8+,9+,10-,11+,12+/m0/s1. The van der Waals surface area contributed by atoms with Crippen LogP contribution in [0.15, 0.2) is 0 Å². The van der Waals surface area contributed by atoms with Gasteiger partial charge in [0.05, 0.1) is 3.23 Å². The number of alkyl halides is 2. The minimum Gasteiger partial charge on any atom is -0.459 e. The number of halogens is 2. The molecule has 6 rings (SSSR count). The first-order valence-corrected chi connectivity index (χ1v) is 8.14. The van der Waals surface area contributed by atoms with Crippen molar-refractivity contribution in [2.24, 2.45) is 41.4 Å². The summed E-state index contributed by atoms with van der Waals surface area (Å²) in [7, 11) is 0. The maximum atomic E-state index is 11.5. The number of carbonyl (C=O) groups is 1. The molecule has 0 spiro atoms. The van der Waals surface area contributed by atoms with E-state index in [0.717, 1.165) is 30.1 Å². The molecule has 0 aliphatic heterocycles. The van der Waals surface area contributed by atoms with Crippen LogP contribution in [0, 0.1) is 41.4 Å². The van der Waals surface area contributed by atoms with E-state index in [2.05, 4.69) is 31.9 Å². The Morgan fingerprint density at radius 2 is 2.00 bits per heavy atom. The zero-order chi connectivity index (χ0) is 11.7. The molecule has 6 fully saturated rings. The topological polar surface area (TPSA) is 26.3 Å². The van der Waals surface area contributed by atoms with Crippen LogP contribution in [0.5, 0.6) is 0 Å². The Kier molecular flexibility index (Phi) is 1.52. The second-order valence-electron chi connectivity index (χ2n) is 6.76. The van der Waals surface area contributed by atoms with E-state index in [1.165, 1.54) is 6.42 Å². The number of rotatable bonds is 1. The van der Waals surface area contributed by atoms with Crippen LogP contribution < -0.4 is 0 Å². The second kappa shape index (κ2) is 2.52. The van der Waals surface area contributed by atoms with Gasteiger partial charge in [-0.25, -0.2) is 0 Å². The van der Waals surface area contributed by atoms with Crippen molar-refractivity contribution in [2.45, 2.75) is 28.6 Å². The van der Waals surface area contributed by atoms with Gasteiger partial charge in [-0.2, -0.15) is 0 Å². The normalized spacial score (nSPS) is 66.4. The van der Waals surface area contributed by atoms with Crippen molar-refractivity contribution in [3.8, 4) is 0 Å². The minimum atomic E-state index is -0.115. The monoisotopic (exact) mass is 360 g/mol. The van der Waals surface area contributed by atoms with Crippen molar-refractivity contribution in [1.82, 2.24) is 0 Å². The summed E-state index contributed by atoms with van der Waals surface area (Å²) in [6.45, 7) is 1.57. The van der Waals surface area contributed by atoms with E-state index in [1.807, 2.05) is 0 Å². The van der Waals surface area contributed by atoms with Gasteiger partial charge in [0.2, 0.25) is 0 Å². The molecule has 92 valence electrons. The first-order chi connectivity index (χ1) is 7.98. The summed E-state index contributed by atoms with van der Waals surface area (Å²) in [5, 5.41) is 0. The molecule has 0 radical (unpaired) electrons. The highest BCUT2D eigenvalue weighted by Crippen LogP contribution is 2.89. The molecular formula is C13H14Br2O2. The molecule has 2 nitrogen and oxygen atoms in total. The Morgan fingerprint density at radius 1 is 1.24 bits per heavy atom. The molecule has 0 unspecified atom stereocenters. The predicted molar refractivity (Wildman–Crippen MR) is 68.7 cm³/mol. The molecular weight excluding hydrogens is 348 g/mol. The summed E-state index contributed by atoms with van der Waals surface area (Å²) in [5.74, 6) is 5.17. The van der Waals surface area contributed by atoms with Gasteiger partial charge in [0.25, 0.3) is 0 Å². The third-order valence-corrected chi connectivity index (χ3v) is 8.66. The van der Waals surface area contributed by atoms with Gasteiger partial charge in [0.1, 0.15) is 5.60 Å². The fraction of sp³-hybridized carbons (Fsp3) is 0.923. The Morgan fingerprint density at radius 3 is 2.71 bits per heavy atom. The lowest BCUT2D eigenvalue weighted by Gasteiger charge is -2.41. The molecule has 0 aromatic heterocycles. The van der Waals surface area contributed by atoms with Crippen molar-refractivity contribution in [1.29, 1.82) is 0 Å². The lowest BCUT2D eigenvalue weighted by Crippen LogP contribution is -2.47. The van der Waals surface area contributed by atoms with E-state index in [0.29, 0.717) is 17.8 Å². The van der Waals surface area contributed by atoms with Crippen molar-refractivity contribution in [3.63, 3.8) is 0 Å². The van der Waals surface area contributed by atoms with E-state index < -0.39 is 0 Å². The summed E-state index contributed by atoms with van der Waals surface area (Å²) in [5.41, 5.74) is -0.115. The summed E-state index contributed by atoms with van der Waals surface area (Å²) in [6, 6.07) is 0. The van der Waals surface area contributed by atoms with Crippen molar-refractivity contribution >= 4 is 37.8 Å². The number of ether oxygens (including phenoxy) is 1. The fourth-order valence-electron chi connectivity index (χ4n) is 6.95. The van der Waals surface area contributed by atoms with Crippen LogP contribution in [0.25, 0.3) is 0 Å². The molecule has 0 amide bonds.